The molecule has 1 heterocycles. The second kappa shape index (κ2) is 8.39. The molecular weight excluding hydrogens is 356 g/mol. The molecule has 0 radical (unpaired) electrons. The quantitative estimate of drug-likeness (QED) is 0.510. The maximum atomic E-state index is 12.2. The minimum absolute atomic E-state index is 0.0456. The van der Waals surface area contributed by atoms with Crippen LogP contribution in [0, 0.1) is 13.8 Å². The lowest BCUT2D eigenvalue weighted by Crippen LogP contribution is -2.17. The summed E-state index contributed by atoms with van der Waals surface area (Å²) in [5, 5.41) is 18.0. The molecule has 3 rings (SSSR count). The highest BCUT2D eigenvalue weighted by Gasteiger charge is 2.06. The minimum atomic E-state index is -0.306. The fourth-order valence-electron chi connectivity index (χ4n) is 2.77. The molecule has 3 aromatic rings. The van der Waals surface area contributed by atoms with Gasteiger partial charge in [-0.1, -0.05) is 12.1 Å². The van der Waals surface area contributed by atoms with E-state index in [0.29, 0.717) is 23.4 Å². The molecule has 144 valence electrons. The van der Waals surface area contributed by atoms with Crippen LogP contribution in [0.15, 0.2) is 53.6 Å². The Bertz CT molecular complexity index is 1010. The van der Waals surface area contributed by atoms with Gasteiger partial charge in [-0.15, -0.1) is 0 Å². The Morgan fingerprint density at radius 3 is 2.61 bits per heavy atom. The smallest absolute Gasteiger partial charge is 0.271 e. The van der Waals surface area contributed by atoms with Crippen molar-refractivity contribution in [1.82, 2.24) is 15.2 Å². The second-order valence-electron chi connectivity index (χ2n) is 6.41. The van der Waals surface area contributed by atoms with E-state index in [-0.39, 0.29) is 11.7 Å². The molecule has 0 aliphatic carbocycles. The van der Waals surface area contributed by atoms with Crippen molar-refractivity contribution >= 4 is 12.1 Å². The van der Waals surface area contributed by atoms with Gasteiger partial charge in [0.2, 0.25) is 0 Å². The Labute approximate surface area is 163 Å². The highest BCUT2D eigenvalue weighted by molar-refractivity contribution is 5.94. The SMILES string of the molecule is COc1cc(C=NNC(=O)c2ccc(Cn3nc(C)cc3C)cc2)ccc1O. The third kappa shape index (κ3) is 4.56. The van der Waals surface area contributed by atoms with Crippen LogP contribution in [0.1, 0.15) is 32.9 Å². The molecule has 2 aromatic carbocycles. The van der Waals surface area contributed by atoms with Crippen LogP contribution in [-0.2, 0) is 6.54 Å². The van der Waals surface area contributed by atoms with E-state index in [2.05, 4.69) is 15.6 Å². The average molecular weight is 378 g/mol. The van der Waals surface area contributed by atoms with Crippen molar-refractivity contribution in [3.63, 3.8) is 0 Å². The zero-order valence-electron chi connectivity index (χ0n) is 16.0. The molecule has 0 saturated heterocycles. The summed E-state index contributed by atoms with van der Waals surface area (Å²) in [5.74, 6) is 0.0809. The van der Waals surface area contributed by atoms with Gasteiger partial charge in [-0.25, -0.2) is 5.43 Å². The zero-order valence-corrected chi connectivity index (χ0v) is 16.0. The summed E-state index contributed by atoms with van der Waals surface area (Å²) in [6.07, 6.45) is 1.48. The van der Waals surface area contributed by atoms with Crippen LogP contribution in [0.4, 0.5) is 0 Å². The lowest BCUT2D eigenvalue weighted by atomic mass is 10.1. The summed E-state index contributed by atoms with van der Waals surface area (Å²) in [7, 11) is 1.47. The third-order valence-corrected chi connectivity index (χ3v) is 4.24. The Morgan fingerprint density at radius 1 is 1.21 bits per heavy atom. The standard InChI is InChI=1S/C21H22N4O3/c1-14-10-15(2)25(24-14)13-16-4-7-18(8-5-16)21(27)23-22-12-17-6-9-19(26)20(11-17)28-3/h4-12,26H,13H2,1-3H3,(H,23,27). The first kappa shape index (κ1) is 19.2. The average Bonchev–Trinajstić information content (AvgIpc) is 3.00. The van der Waals surface area contributed by atoms with E-state index in [4.69, 9.17) is 4.74 Å². The number of hydrogen-bond acceptors (Lipinski definition) is 5. The van der Waals surface area contributed by atoms with Crippen molar-refractivity contribution in [2.24, 2.45) is 5.10 Å². The van der Waals surface area contributed by atoms with Crippen molar-refractivity contribution in [2.45, 2.75) is 20.4 Å². The zero-order chi connectivity index (χ0) is 20.1. The Balaban J connectivity index is 1.61. The lowest BCUT2D eigenvalue weighted by Gasteiger charge is -2.06. The van der Waals surface area contributed by atoms with Gasteiger partial charge in [0.1, 0.15) is 0 Å². The number of hydrazone groups is 1. The van der Waals surface area contributed by atoms with Crippen LogP contribution in [0.3, 0.4) is 0 Å². The number of aromatic hydroxyl groups is 1. The first-order valence-corrected chi connectivity index (χ1v) is 8.76. The number of methoxy groups -OCH3 is 1. The molecule has 1 amide bonds. The van der Waals surface area contributed by atoms with Gasteiger partial charge in [0, 0.05) is 11.3 Å². The number of carbonyl (C=O) groups is 1. The summed E-state index contributed by atoms with van der Waals surface area (Å²) in [6, 6.07) is 14.2. The molecule has 0 aliphatic rings. The second-order valence-corrected chi connectivity index (χ2v) is 6.41. The van der Waals surface area contributed by atoms with Crippen molar-refractivity contribution < 1.29 is 14.6 Å². The number of phenolic OH excluding ortho intramolecular Hbond substituents is 1. The number of aryl methyl sites for hydroxylation is 2. The first-order chi connectivity index (χ1) is 13.5. The van der Waals surface area contributed by atoms with Crippen molar-refractivity contribution in [3.05, 3.63) is 76.6 Å². The highest BCUT2D eigenvalue weighted by Crippen LogP contribution is 2.25. The van der Waals surface area contributed by atoms with E-state index in [1.807, 2.05) is 36.7 Å². The normalized spacial score (nSPS) is 11.0. The number of rotatable bonds is 6. The molecule has 1 aromatic heterocycles. The number of nitrogens with zero attached hydrogens (tertiary/aromatic N) is 3. The molecule has 0 aliphatic heterocycles. The number of benzene rings is 2. The number of ether oxygens (including phenoxy) is 1. The van der Waals surface area contributed by atoms with Crippen molar-refractivity contribution in [2.75, 3.05) is 7.11 Å². The Morgan fingerprint density at radius 2 is 1.96 bits per heavy atom. The molecule has 7 heteroatoms. The maximum absolute atomic E-state index is 12.2. The van der Waals surface area contributed by atoms with Gasteiger partial charge in [0.25, 0.3) is 5.91 Å². The largest absolute Gasteiger partial charge is 0.504 e. The number of nitrogens with one attached hydrogen (secondary N) is 1. The van der Waals surface area contributed by atoms with Gasteiger partial charge in [-0.05, 0) is 61.4 Å². The van der Waals surface area contributed by atoms with E-state index < -0.39 is 0 Å². The molecule has 0 fully saturated rings. The third-order valence-electron chi connectivity index (χ3n) is 4.24. The molecule has 28 heavy (non-hydrogen) atoms. The molecule has 7 nitrogen and oxygen atoms in total. The summed E-state index contributed by atoms with van der Waals surface area (Å²) in [4.78, 5) is 12.2. The Hall–Kier alpha value is -3.61. The molecule has 0 atom stereocenters. The van der Waals surface area contributed by atoms with Crippen molar-refractivity contribution in [3.8, 4) is 11.5 Å². The Kier molecular flexibility index (Phi) is 5.74. The fourth-order valence-corrected chi connectivity index (χ4v) is 2.77. The van der Waals surface area contributed by atoms with E-state index >= 15 is 0 Å². The van der Waals surface area contributed by atoms with Crippen LogP contribution in [-0.4, -0.2) is 34.1 Å². The van der Waals surface area contributed by atoms with E-state index in [9.17, 15) is 9.90 Å². The number of phenols is 1. The lowest BCUT2D eigenvalue weighted by molar-refractivity contribution is 0.0955. The highest BCUT2D eigenvalue weighted by atomic mass is 16.5. The van der Waals surface area contributed by atoms with Crippen LogP contribution >= 0.6 is 0 Å². The summed E-state index contributed by atoms with van der Waals surface area (Å²) in [6.45, 7) is 4.64. The topological polar surface area (TPSA) is 88.7 Å². The molecule has 0 saturated carbocycles. The van der Waals surface area contributed by atoms with Crippen LogP contribution in [0.25, 0.3) is 0 Å². The van der Waals surface area contributed by atoms with Crippen LogP contribution in [0.2, 0.25) is 0 Å². The van der Waals surface area contributed by atoms with E-state index in [1.165, 1.54) is 19.4 Å². The van der Waals surface area contributed by atoms with Gasteiger partial charge in [0.15, 0.2) is 11.5 Å². The van der Waals surface area contributed by atoms with Crippen LogP contribution < -0.4 is 10.2 Å². The molecule has 0 unspecified atom stereocenters. The summed E-state index contributed by atoms with van der Waals surface area (Å²) in [5.41, 5.74) is 6.83. The monoisotopic (exact) mass is 378 g/mol. The molecule has 2 N–H and O–H groups in total. The number of aromatic nitrogens is 2. The molecule has 0 bridgehead atoms. The van der Waals surface area contributed by atoms with E-state index in [1.54, 1.807) is 24.3 Å². The number of amides is 1. The van der Waals surface area contributed by atoms with Gasteiger partial charge in [-0.2, -0.15) is 10.2 Å². The van der Waals surface area contributed by atoms with Gasteiger partial charge < -0.3 is 9.84 Å². The van der Waals surface area contributed by atoms with Gasteiger partial charge in [-0.3, -0.25) is 9.48 Å². The number of carbonyl (C=O) groups excluding carboxylic acids is 1. The summed E-state index contributed by atoms with van der Waals surface area (Å²) >= 11 is 0. The van der Waals surface area contributed by atoms with E-state index in [0.717, 1.165) is 17.0 Å². The van der Waals surface area contributed by atoms with Crippen molar-refractivity contribution in [1.29, 1.82) is 0 Å². The first-order valence-electron chi connectivity index (χ1n) is 8.76. The fraction of sp³-hybridized carbons (Fsp3) is 0.190. The minimum Gasteiger partial charge on any atom is -0.504 e. The molecular formula is C21H22N4O3. The predicted octanol–water partition coefficient (Wildman–Crippen LogP) is 3.03. The van der Waals surface area contributed by atoms with Gasteiger partial charge >= 0.3 is 0 Å². The molecule has 0 spiro atoms. The predicted molar refractivity (Wildman–Crippen MR) is 107 cm³/mol. The van der Waals surface area contributed by atoms with Crippen LogP contribution in [0.5, 0.6) is 11.5 Å². The van der Waals surface area contributed by atoms with Gasteiger partial charge in [0.05, 0.1) is 25.6 Å². The number of hydrogen-bond donors (Lipinski definition) is 2. The maximum Gasteiger partial charge on any atom is 0.271 e. The summed E-state index contributed by atoms with van der Waals surface area (Å²) < 4.78 is 6.97.